The molecule has 0 unspecified atom stereocenters. The van der Waals surface area contributed by atoms with E-state index in [-0.39, 0.29) is 12.4 Å². The molecule has 0 amide bonds. The molecule has 4 heterocycles. The van der Waals surface area contributed by atoms with Gasteiger partial charge >= 0.3 is 0 Å². The van der Waals surface area contributed by atoms with E-state index in [0.717, 1.165) is 49.1 Å². The monoisotopic (exact) mass is 630 g/mol. The molecule has 0 atom stereocenters. The molecule has 3 aromatic heterocycles. The Bertz CT molecular complexity index is 2310. The highest BCUT2D eigenvalue weighted by molar-refractivity contribution is 9.10. The van der Waals surface area contributed by atoms with Gasteiger partial charge in [-0.3, -0.25) is 4.79 Å². The molecule has 1 aliphatic rings. The molecule has 0 radical (unpaired) electrons. The lowest BCUT2D eigenvalue weighted by Gasteiger charge is -2.10. The number of hydrogen-bond donors (Lipinski definition) is 0. The van der Waals surface area contributed by atoms with Crippen LogP contribution in [-0.4, -0.2) is 27.2 Å². The van der Waals surface area contributed by atoms with Crippen molar-refractivity contribution in [2.75, 3.05) is 6.79 Å². The van der Waals surface area contributed by atoms with Crippen molar-refractivity contribution in [2.24, 2.45) is 5.10 Å². The molecule has 43 heavy (non-hydrogen) atoms. The molecule has 1 aliphatic heterocycles. The Morgan fingerprint density at radius 3 is 2.65 bits per heavy atom. The van der Waals surface area contributed by atoms with Gasteiger partial charge in [0.15, 0.2) is 17.3 Å². The van der Waals surface area contributed by atoms with Gasteiger partial charge in [0.2, 0.25) is 12.6 Å². The van der Waals surface area contributed by atoms with Gasteiger partial charge in [-0.15, -0.1) is 0 Å². The van der Waals surface area contributed by atoms with E-state index in [1.54, 1.807) is 12.3 Å². The second kappa shape index (κ2) is 9.99. The summed E-state index contributed by atoms with van der Waals surface area (Å²) in [5.74, 6) is 2.29. The molecule has 210 valence electrons. The maximum atomic E-state index is 13.8. The molecule has 7 aromatic rings. The zero-order valence-electron chi connectivity index (χ0n) is 23.0. The smallest absolute Gasteiger partial charge is 0.282 e. The van der Waals surface area contributed by atoms with Crippen molar-refractivity contribution in [1.82, 2.24) is 14.2 Å². The molecule has 0 N–H and O–H groups in total. The van der Waals surface area contributed by atoms with Crippen LogP contribution < -0.4 is 15.0 Å². The Labute approximate surface area is 253 Å². The van der Waals surface area contributed by atoms with E-state index in [9.17, 15) is 4.79 Å². The second-order valence-corrected chi connectivity index (χ2v) is 11.3. The van der Waals surface area contributed by atoms with Crippen LogP contribution in [-0.2, 0) is 6.54 Å². The van der Waals surface area contributed by atoms with Gasteiger partial charge in [-0.25, -0.2) is 4.98 Å². The lowest BCUT2D eigenvalue weighted by atomic mass is 10.1. The average Bonchev–Trinajstić information content (AvgIpc) is 3.73. The van der Waals surface area contributed by atoms with Gasteiger partial charge in [0.05, 0.1) is 17.1 Å². The first kappa shape index (κ1) is 25.6. The van der Waals surface area contributed by atoms with Crippen LogP contribution in [0.5, 0.6) is 11.5 Å². The highest BCUT2D eigenvalue weighted by atomic mass is 79.9. The van der Waals surface area contributed by atoms with Crippen molar-refractivity contribution in [1.29, 1.82) is 0 Å². The zero-order chi connectivity index (χ0) is 29.1. The van der Waals surface area contributed by atoms with Crippen molar-refractivity contribution >= 4 is 54.9 Å². The number of fused-ring (bicyclic) bond motifs is 4. The number of para-hydroxylation sites is 2. The summed E-state index contributed by atoms with van der Waals surface area (Å²) in [5, 5.41) is 7.16. The highest BCUT2D eigenvalue weighted by Crippen LogP contribution is 2.34. The number of furan rings is 1. The van der Waals surface area contributed by atoms with E-state index in [4.69, 9.17) is 24.0 Å². The highest BCUT2D eigenvalue weighted by Gasteiger charge is 2.19. The van der Waals surface area contributed by atoms with E-state index in [1.165, 1.54) is 4.68 Å². The molecule has 9 heteroatoms. The fraction of sp³-hybridized carbons (Fsp3) is 0.0882. The third-order valence-corrected chi connectivity index (χ3v) is 8.31. The molecule has 0 bridgehead atoms. The predicted molar refractivity (Wildman–Crippen MR) is 170 cm³/mol. The number of ether oxygens (including phenoxy) is 2. The Hall–Kier alpha value is -5.15. The topological polar surface area (TPSA) is 83.8 Å². The largest absolute Gasteiger partial charge is 0.454 e. The summed E-state index contributed by atoms with van der Waals surface area (Å²) in [6, 6.07) is 29.1. The van der Waals surface area contributed by atoms with Gasteiger partial charge in [-0.1, -0.05) is 52.3 Å². The fourth-order valence-electron chi connectivity index (χ4n) is 5.68. The Morgan fingerprint density at radius 2 is 1.74 bits per heavy atom. The molecule has 0 aliphatic carbocycles. The third-order valence-electron chi connectivity index (χ3n) is 7.81. The van der Waals surface area contributed by atoms with Crippen molar-refractivity contribution in [3.8, 4) is 23.1 Å². The number of nitrogens with zero attached hydrogens (tertiary/aromatic N) is 4. The Kier molecular flexibility index (Phi) is 5.94. The summed E-state index contributed by atoms with van der Waals surface area (Å²) in [6.07, 6.45) is 1.74. The number of halogens is 1. The van der Waals surface area contributed by atoms with E-state index >= 15 is 0 Å². The Morgan fingerprint density at radius 1 is 0.930 bits per heavy atom. The SMILES string of the molecule is Cc1c(C=Nn2c(-c3cc4cc(Br)ccc4o3)nc3ccccc3c2=O)c2ccccc2n1Cc1ccc2c(c1)OCO2. The van der Waals surface area contributed by atoms with Crippen LogP contribution in [0.3, 0.4) is 0 Å². The van der Waals surface area contributed by atoms with Crippen LogP contribution in [0.25, 0.3) is 44.4 Å². The summed E-state index contributed by atoms with van der Waals surface area (Å²) in [7, 11) is 0. The van der Waals surface area contributed by atoms with E-state index in [2.05, 4.69) is 39.6 Å². The van der Waals surface area contributed by atoms with Crippen molar-refractivity contribution in [2.45, 2.75) is 13.5 Å². The lowest BCUT2D eigenvalue weighted by molar-refractivity contribution is 0.174. The standard InChI is InChI=1S/C34H23BrN4O4/c1-20-26(24-6-3-5-9-28(24)38(20)18-21-10-12-30-31(14-21)42-19-41-30)17-36-39-33(37-27-8-4-2-7-25(27)34(39)40)32-16-22-15-23(35)11-13-29(22)43-32/h2-17H,18-19H2,1H3. The van der Waals surface area contributed by atoms with Crippen molar-refractivity contribution < 1.29 is 13.9 Å². The maximum Gasteiger partial charge on any atom is 0.282 e. The van der Waals surface area contributed by atoms with Gasteiger partial charge in [-0.05, 0) is 67.1 Å². The van der Waals surface area contributed by atoms with Crippen LogP contribution in [0.1, 0.15) is 16.8 Å². The third kappa shape index (κ3) is 4.31. The number of aromatic nitrogens is 3. The molecule has 8 nitrogen and oxygen atoms in total. The second-order valence-electron chi connectivity index (χ2n) is 10.4. The number of rotatable bonds is 5. The summed E-state index contributed by atoms with van der Waals surface area (Å²) in [6.45, 7) is 2.93. The average molecular weight is 631 g/mol. The van der Waals surface area contributed by atoms with Crippen molar-refractivity contribution in [3.05, 3.63) is 123 Å². The molecule has 8 rings (SSSR count). The minimum absolute atomic E-state index is 0.238. The van der Waals surface area contributed by atoms with Crippen LogP contribution in [0.2, 0.25) is 0 Å². The van der Waals surface area contributed by atoms with Crippen LogP contribution in [0, 0.1) is 6.92 Å². The summed E-state index contributed by atoms with van der Waals surface area (Å²) < 4.78 is 21.8. The van der Waals surface area contributed by atoms with Crippen molar-refractivity contribution in [3.63, 3.8) is 0 Å². The molecule has 0 saturated carbocycles. The first-order chi connectivity index (χ1) is 21.0. The summed E-state index contributed by atoms with van der Waals surface area (Å²) in [5.41, 5.74) is 5.07. The van der Waals surface area contributed by atoms with Crippen LogP contribution in [0.15, 0.2) is 110 Å². The maximum absolute atomic E-state index is 13.8. The van der Waals surface area contributed by atoms with Crippen LogP contribution >= 0.6 is 15.9 Å². The van der Waals surface area contributed by atoms with Gasteiger partial charge in [0, 0.05) is 38.6 Å². The van der Waals surface area contributed by atoms with Gasteiger partial charge in [0.1, 0.15) is 5.58 Å². The fourth-order valence-corrected chi connectivity index (χ4v) is 6.06. The molecule has 4 aromatic carbocycles. The number of hydrogen-bond acceptors (Lipinski definition) is 6. The molecule has 0 saturated heterocycles. The summed E-state index contributed by atoms with van der Waals surface area (Å²) in [4.78, 5) is 18.7. The first-order valence-electron chi connectivity index (χ1n) is 13.8. The lowest BCUT2D eigenvalue weighted by Crippen LogP contribution is -2.20. The minimum atomic E-state index is -0.278. The molecular formula is C34H23BrN4O4. The van der Waals surface area contributed by atoms with Gasteiger partial charge in [0.25, 0.3) is 5.56 Å². The zero-order valence-corrected chi connectivity index (χ0v) is 24.5. The van der Waals surface area contributed by atoms with Gasteiger partial charge in [-0.2, -0.15) is 9.78 Å². The predicted octanol–water partition coefficient (Wildman–Crippen LogP) is 7.49. The Balaban J connectivity index is 1.27. The minimum Gasteiger partial charge on any atom is -0.454 e. The van der Waals surface area contributed by atoms with E-state index in [0.29, 0.717) is 34.6 Å². The first-order valence-corrected chi connectivity index (χ1v) is 14.5. The van der Waals surface area contributed by atoms with Crippen LogP contribution in [0.4, 0.5) is 0 Å². The van der Waals surface area contributed by atoms with Gasteiger partial charge < -0.3 is 18.5 Å². The number of benzene rings is 4. The quantitative estimate of drug-likeness (QED) is 0.184. The molecular weight excluding hydrogens is 608 g/mol. The van der Waals surface area contributed by atoms with E-state index in [1.807, 2.05) is 72.8 Å². The normalized spacial score (nSPS) is 12.8. The molecule has 0 fully saturated rings. The van der Waals surface area contributed by atoms with E-state index < -0.39 is 0 Å². The molecule has 0 spiro atoms. The summed E-state index contributed by atoms with van der Waals surface area (Å²) >= 11 is 3.52.